The van der Waals surface area contributed by atoms with E-state index < -0.39 is 0 Å². The van der Waals surface area contributed by atoms with E-state index in [2.05, 4.69) is 34.4 Å². The van der Waals surface area contributed by atoms with E-state index in [1.54, 1.807) is 0 Å². The molecule has 0 amide bonds. The maximum atomic E-state index is 9.02. The van der Waals surface area contributed by atoms with Crippen LogP contribution in [-0.2, 0) is 0 Å². The molecule has 0 spiro atoms. The third-order valence-corrected chi connectivity index (χ3v) is 3.02. The lowest BCUT2D eigenvalue weighted by molar-refractivity contribution is 0.220. The number of aryl methyl sites for hydroxylation is 1. The van der Waals surface area contributed by atoms with Crippen molar-refractivity contribution < 1.29 is 5.11 Å². The molecular formula is C13H24N4O. The molecule has 1 heterocycles. The van der Waals surface area contributed by atoms with Gasteiger partial charge in [-0.3, -0.25) is 0 Å². The molecule has 0 saturated heterocycles. The molecule has 18 heavy (non-hydrogen) atoms. The van der Waals surface area contributed by atoms with Crippen molar-refractivity contribution in [1.29, 1.82) is 0 Å². The number of anilines is 2. The van der Waals surface area contributed by atoms with E-state index in [0.29, 0.717) is 0 Å². The summed E-state index contributed by atoms with van der Waals surface area (Å²) in [6.07, 6.45) is 0.766. The summed E-state index contributed by atoms with van der Waals surface area (Å²) in [6.45, 7) is 9.10. The van der Waals surface area contributed by atoms with Crippen LogP contribution < -0.4 is 10.6 Å². The number of aromatic nitrogens is 2. The molecule has 0 radical (unpaired) electrons. The highest BCUT2D eigenvalue weighted by molar-refractivity contribution is 5.56. The summed E-state index contributed by atoms with van der Waals surface area (Å²) < 4.78 is 0. The van der Waals surface area contributed by atoms with Crippen LogP contribution in [0.25, 0.3) is 0 Å². The molecule has 1 rings (SSSR count). The minimum absolute atomic E-state index is 0.0415. The number of hydrogen-bond acceptors (Lipinski definition) is 5. The average molecular weight is 252 g/mol. The van der Waals surface area contributed by atoms with Gasteiger partial charge >= 0.3 is 0 Å². The van der Waals surface area contributed by atoms with Crippen molar-refractivity contribution in [2.24, 2.45) is 5.41 Å². The molecule has 0 aliphatic carbocycles. The summed E-state index contributed by atoms with van der Waals surface area (Å²) in [4.78, 5) is 8.75. The maximum absolute atomic E-state index is 9.02. The Labute approximate surface area is 109 Å². The zero-order valence-electron chi connectivity index (χ0n) is 12.0. The molecule has 0 bridgehead atoms. The van der Waals surface area contributed by atoms with Crippen LogP contribution >= 0.6 is 0 Å². The minimum Gasteiger partial charge on any atom is -0.396 e. The Morgan fingerprint density at radius 3 is 2.33 bits per heavy atom. The smallest absolute Gasteiger partial charge is 0.134 e. The van der Waals surface area contributed by atoms with Gasteiger partial charge in [0.05, 0.1) is 0 Å². The highest BCUT2D eigenvalue weighted by Gasteiger charge is 2.18. The Bertz CT molecular complexity index is 404. The topological polar surface area (TPSA) is 70.1 Å². The summed E-state index contributed by atoms with van der Waals surface area (Å²) in [5, 5.41) is 15.4. The summed E-state index contributed by atoms with van der Waals surface area (Å²) in [6, 6.07) is 0. The van der Waals surface area contributed by atoms with Gasteiger partial charge in [-0.05, 0) is 25.7 Å². The molecule has 5 nitrogen and oxygen atoms in total. The number of aliphatic hydroxyl groups excluding tert-OH is 1. The van der Waals surface area contributed by atoms with E-state index >= 15 is 0 Å². The second-order valence-corrected chi connectivity index (χ2v) is 5.33. The van der Waals surface area contributed by atoms with E-state index in [0.717, 1.165) is 36.0 Å². The number of rotatable bonds is 6. The summed E-state index contributed by atoms with van der Waals surface area (Å²) >= 11 is 0. The molecule has 0 aliphatic heterocycles. The van der Waals surface area contributed by atoms with Gasteiger partial charge in [0.1, 0.15) is 17.5 Å². The van der Waals surface area contributed by atoms with Gasteiger partial charge in [0, 0.05) is 25.8 Å². The number of aliphatic hydroxyl groups is 1. The van der Waals surface area contributed by atoms with Crippen LogP contribution in [0.3, 0.4) is 0 Å². The second-order valence-electron chi connectivity index (χ2n) is 5.33. The maximum Gasteiger partial charge on any atom is 0.134 e. The van der Waals surface area contributed by atoms with Crippen LogP contribution in [0.15, 0.2) is 0 Å². The van der Waals surface area contributed by atoms with Crippen molar-refractivity contribution in [2.75, 3.05) is 30.8 Å². The molecule has 0 atom stereocenters. The fourth-order valence-corrected chi connectivity index (χ4v) is 1.76. The molecule has 3 N–H and O–H groups in total. The highest BCUT2D eigenvalue weighted by atomic mass is 16.3. The van der Waals surface area contributed by atoms with Crippen LogP contribution in [-0.4, -0.2) is 35.3 Å². The Kier molecular flexibility index (Phi) is 4.90. The standard InChI is InChI=1S/C13H24N4O/c1-9-11(14-5)16-10(2)17-12(9)15-8-13(3,4)6-7-18/h18H,6-8H2,1-5H3,(H2,14,15,16,17). The number of nitrogens with zero attached hydrogens (tertiary/aromatic N) is 2. The van der Waals surface area contributed by atoms with Crippen molar-refractivity contribution in [2.45, 2.75) is 34.1 Å². The first-order chi connectivity index (χ1) is 8.39. The molecule has 0 saturated carbocycles. The predicted molar refractivity (Wildman–Crippen MR) is 75.0 cm³/mol. The summed E-state index contributed by atoms with van der Waals surface area (Å²) in [5.41, 5.74) is 1.06. The van der Waals surface area contributed by atoms with Gasteiger partial charge in [-0.25, -0.2) is 9.97 Å². The molecule has 0 unspecified atom stereocenters. The van der Waals surface area contributed by atoms with Crippen LogP contribution in [0.1, 0.15) is 31.7 Å². The van der Waals surface area contributed by atoms with Gasteiger partial charge in [-0.1, -0.05) is 13.8 Å². The zero-order valence-corrected chi connectivity index (χ0v) is 12.0. The van der Waals surface area contributed by atoms with E-state index in [1.165, 1.54) is 0 Å². The van der Waals surface area contributed by atoms with E-state index in [1.807, 2.05) is 20.9 Å². The van der Waals surface area contributed by atoms with E-state index in [-0.39, 0.29) is 12.0 Å². The van der Waals surface area contributed by atoms with Crippen molar-refractivity contribution >= 4 is 11.6 Å². The van der Waals surface area contributed by atoms with Gasteiger partial charge in [-0.2, -0.15) is 0 Å². The number of nitrogens with one attached hydrogen (secondary N) is 2. The van der Waals surface area contributed by atoms with Crippen molar-refractivity contribution in [3.63, 3.8) is 0 Å². The monoisotopic (exact) mass is 252 g/mol. The first kappa shape index (κ1) is 14.7. The van der Waals surface area contributed by atoms with Gasteiger partial charge in [0.25, 0.3) is 0 Å². The fourth-order valence-electron chi connectivity index (χ4n) is 1.76. The lowest BCUT2D eigenvalue weighted by Gasteiger charge is -2.25. The average Bonchev–Trinajstić information content (AvgIpc) is 2.29. The molecule has 0 fully saturated rings. The Morgan fingerprint density at radius 2 is 1.78 bits per heavy atom. The van der Waals surface area contributed by atoms with Gasteiger partial charge in [0.15, 0.2) is 0 Å². The third-order valence-electron chi connectivity index (χ3n) is 3.02. The molecular weight excluding hydrogens is 228 g/mol. The van der Waals surface area contributed by atoms with Crippen molar-refractivity contribution in [3.05, 3.63) is 11.4 Å². The van der Waals surface area contributed by atoms with E-state index in [9.17, 15) is 0 Å². The quantitative estimate of drug-likeness (QED) is 0.722. The molecule has 102 valence electrons. The molecule has 1 aromatic heterocycles. The van der Waals surface area contributed by atoms with Crippen LogP contribution in [0.2, 0.25) is 0 Å². The molecule has 0 aliphatic rings. The highest BCUT2D eigenvalue weighted by Crippen LogP contribution is 2.23. The first-order valence-electron chi connectivity index (χ1n) is 6.27. The van der Waals surface area contributed by atoms with Crippen molar-refractivity contribution in [1.82, 2.24) is 9.97 Å². The lowest BCUT2D eigenvalue weighted by Crippen LogP contribution is -2.25. The SMILES string of the molecule is CNc1nc(C)nc(NCC(C)(C)CCO)c1C. The van der Waals surface area contributed by atoms with Crippen LogP contribution in [0.5, 0.6) is 0 Å². The summed E-state index contributed by atoms with van der Waals surface area (Å²) in [7, 11) is 1.86. The lowest BCUT2D eigenvalue weighted by atomic mass is 9.90. The number of hydrogen-bond donors (Lipinski definition) is 3. The fraction of sp³-hybridized carbons (Fsp3) is 0.692. The van der Waals surface area contributed by atoms with Crippen LogP contribution in [0.4, 0.5) is 11.6 Å². The molecule has 1 aromatic rings. The Balaban J connectivity index is 2.82. The predicted octanol–water partition coefficient (Wildman–Crippen LogP) is 1.96. The van der Waals surface area contributed by atoms with Gasteiger partial charge < -0.3 is 15.7 Å². The molecule has 5 heteroatoms. The largest absolute Gasteiger partial charge is 0.396 e. The Hall–Kier alpha value is -1.36. The first-order valence-corrected chi connectivity index (χ1v) is 6.27. The second kappa shape index (κ2) is 6.00. The van der Waals surface area contributed by atoms with Crippen molar-refractivity contribution in [3.8, 4) is 0 Å². The third kappa shape index (κ3) is 3.84. The minimum atomic E-state index is 0.0415. The zero-order chi connectivity index (χ0) is 13.8. The van der Waals surface area contributed by atoms with E-state index in [4.69, 9.17) is 5.11 Å². The van der Waals surface area contributed by atoms with Crippen LogP contribution in [0, 0.1) is 19.3 Å². The Morgan fingerprint density at radius 1 is 1.17 bits per heavy atom. The van der Waals surface area contributed by atoms with Gasteiger partial charge in [-0.15, -0.1) is 0 Å². The summed E-state index contributed by atoms with van der Waals surface area (Å²) in [5.74, 6) is 2.45. The normalized spacial score (nSPS) is 11.4. The van der Waals surface area contributed by atoms with Gasteiger partial charge in [0.2, 0.25) is 0 Å². The molecule has 0 aromatic carbocycles.